The van der Waals surface area contributed by atoms with E-state index in [0.29, 0.717) is 34.7 Å². The number of fused-ring (bicyclic) bond motifs is 1. The lowest BCUT2D eigenvalue weighted by molar-refractivity contribution is -0.131. The van der Waals surface area contributed by atoms with Crippen molar-refractivity contribution in [3.8, 4) is 11.5 Å². The van der Waals surface area contributed by atoms with Crippen molar-refractivity contribution < 1.29 is 33.0 Å². The first-order chi connectivity index (χ1) is 20.7. The first-order valence-electron chi connectivity index (χ1n) is 13.9. The Morgan fingerprint density at radius 3 is 2.56 bits per heavy atom. The van der Waals surface area contributed by atoms with E-state index in [0.717, 1.165) is 5.56 Å². The minimum absolute atomic E-state index is 0.00782. The molecule has 2 atom stereocenters. The summed E-state index contributed by atoms with van der Waals surface area (Å²) in [6.07, 6.45) is 0.972. The molecule has 0 fully saturated rings. The van der Waals surface area contributed by atoms with Gasteiger partial charge in [0.2, 0.25) is 11.8 Å². The van der Waals surface area contributed by atoms with Crippen LogP contribution in [0.2, 0.25) is 0 Å². The van der Waals surface area contributed by atoms with E-state index in [2.05, 4.69) is 16.0 Å². The second-order valence-electron chi connectivity index (χ2n) is 10.1. The van der Waals surface area contributed by atoms with Crippen molar-refractivity contribution in [1.82, 2.24) is 16.0 Å². The Morgan fingerprint density at radius 2 is 1.84 bits per heavy atom. The molecule has 0 saturated carbocycles. The maximum Gasteiger partial charge on any atom is 0.252 e. The number of nitrogens with one attached hydrogen (secondary N) is 3. The van der Waals surface area contributed by atoms with Crippen molar-refractivity contribution in [1.29, 1.82) is 0 Å². The SMILES string of the molecule is CNC(=O)c1ccc2c(c1)N(C)C(=O)[C@H](NC(=O)[C@@H](CCc1ccccc1)NC(=O)CCc1cc(F)ccc1OC)CO2. The maximum absolute atomic E-state index is 13.8. The highest BCUT2D eigenvalue weighted by Gasteiger charge is 2.33. The average molecular weight is 591 g/mol. The number of carbonyl (C=O) groups excluding carboxylic acids is 4. The molecule has 4 amide bonds. The Hall–Kier alpha value is -4.93. The van der Waals surface area contributed by atoms with Crippen LogP contribution in [-0.2, 0) is 27.2 Å². The Balaban J connectivity index is 1.46. The summed E-state index contributed by atoms with van der Waals surface area (Å²) < 4.78 is 24.9. The number of benzene rings is 3. The predicted molar refractivity (Wildman–Crippen MR) is 159 cm³/mol. The summed E-state index contributed by atoms with van der Waals surface area (Å²) in [6, 6.07) is 16.4. The largest absolute Gasteiger partial charge is 0.496 e. The number of likely N-dealkylation sites (N-methyl/N-ethyl adjacent to an activating group) is 1. The van der Waals surface area contributed by atoms with Crippen molar-refractivity contribution >= 4 is 29.3 Å². The molecule has 1 aliphatic rings. The summed E-state index contributed by atoms with van der Waals surface area (Å²) >= 11 is 0. The molecule has 3 aromatic carbocycles. The van der Waals surface area contributed by atoms with Gasteiger partial charge in [-0.3, -0.25) is 19.2 Å². The first-order valence-corrected chi connectivity index (χ1v) is 13.9. The normalized spacial score (nSPS) is 14.9. The van der Waals surface area contributed by atoms with E-state index in [1.54, 1.807) is 18.2 Å². The summed E-state index contributed by atoms with van der Waals surface area (Å²) in [4.78, 5) is 53.3. The minimum Gasteiger partial charge on any atom is -0.496 e. The van der Waals surface area contributed by atoms with Crippen LogP contribution in [0.15, 0.2) is 66.7 Å². The molecule has 0 spiro atoms. The van der Waals surface area contributed by atoms with E-state index >= 15 is 0 Å². The van der Waals surface area contributed by atoms with Gasteiger partial charge in [0, 0.05) is 26.1 Å². The smallest absolute Gasteiger partial charge is 0.252 e. The Bertz CT molecular complexity index is 1480. The van der Waals surface area contributed by atoms with Crippen molar-refractivity contribution in [2.75, 3.05) is 32.7 Å². The second kappa shape index (κ2) is 14.3. The fourth-order valence-corrected chi connectivity index (χ4v) is 4.84. The fraction of sp³-hybridized carbons (Fsp3) is 0.312. The summed E-state index contributed by atoms with van der Waals surface area (Å²) in [7, 11) is 4.52. The zero-order chi connectivity index (χ0) is 30.9. The lowest BCUT2D eigenvalue weighted by Gasteiger charge is -2.24. The molecule has 1 aliphatic heterocycles. The lowest BCUT2D eigenvalue weighted by Crippen LogP contribution is -2.55. The van der Waals surface area contributed by atoms with E-state index in [1.807, 2.05) is 30.3 Å². The summed E-state index contributed by atoms with van der Waals surface area (Å²) in [5, 5.41) is 8.08. The second-order valence-corrected chi connectivity index (χ2v) is 10.1. The van der Waals surface area contributed by atoms with Crippen LogP contribution < -0.4 is 30.3 Å². The Kier molecular flexibility index (Phi) is 10.3. The van der Waals surface area contributed by atoms with Crippen molar-refractivity contribution in [3.63, 3.8) is 0 Å². The van der Waals surface area contributed by atoms with E-state index < -0.39 is 35.6 Å². The number of amides is 4. The van der Waals surface area contributed by atoms with Crippen LogP contribution in [0, 0.1) is 5.82 Å². The van der Waals surface area contributed by atoms with Crippen LogP contribution in [0.1, 0.15) is 34.3 Å². The number of carbonyl (C=O) groups is 4. The molecule has 226 valence electrons. The van der Waals surface area contributed by atoms with Gasteiger partial charge < -0.3 is 30.3 Å². The third kappa shape index (κ3) is 7.88. The van der Waals surface area contributed by atoms with Crippen LogP contribution in [0.5, 0.6) is 11.5 Å². The van der Waals surface area contributed by atoms with E-state index in [1.165, 1.54) is 44.3 Å². The lowest BCUT2D eigenvalue weighted by atomic mass is 10.0. The number of hydrogen-bond donors (Lipinski definition) is 3. The molecule has 43 heavy (non-hydrogen) atoms. The topological polar surface area (TPSA) is 126 Å². The van der Waals surface area contributed by atoms with Crippen LogP contribution in [-0.4, -0.2) is 63.5 Å². The number of halogens is 1. The number of anilines is 1. The number of ether oxygens (including phenoxy) is 2. The van der Waals surface area contributed by atoms with Gasteiger partial charge in [0.25, 0.3) is 11.8 Å². The van der Waals surface area contributed by atoms with E-state index in [-0.39, 0.29) is 31.8 Å². The van der Waals surface area contributed by atoms with Gasteiger partial charge in [-0.25, -0.2) is 4.39 Å². The minimum atomic E-state index is -1.04. The molecule has 4 rings (SSSR count). The number of hydrogen-bond acceptors (Lipinski definition) is 6. The molecule has 11 heteroatoms. The molecule has 0 aromatic heterocycles. The first kappa shape index (κ1) is 31.0. The van der Waals surface area contributed by atoms with Gasteiger partial charge in [-0.1, -0.05) is 30.3 Å². The monoisotopic (exact) mass is 590 g/mol. The van der Waals surface area contributed by atoms with Gasteiger partial charge in [0.1, 0.15) is 36.0 Å². The van der Waals surface area contributed by atoms with Gasteiger partial charge in [-0.15, -0.1) is 0 Å². The van der Waals surface area contributed by atoms with Gasteiger partial charge in [0.15, 0.2) is 0 Å². The van der Waals surface area contributed by atoms with Crippen molar-refractivity contribution in [2.45, 2.75) is 37.8 Å². The highest BCUT2D eigenvalue weighted by atomic mass is 19.1. The third-order valence-corrected chi connectivity index (χ3v) is 7.24. The van der Waals surface area contributed by atoms with Gasteiger partial charge >= 0.3 is 0 Å². The Morgan fingerprint density at radius 1 is 1.07 bits per heavy atom. The molecular weight excluding hydrogens is 555 g/mol. The highest BCUT2D eigenvalue weighted by Crippen LogP contribution is 2.31. The molecule has 0 radical (unpaired) electrons. The zero-order valence-electron chi connectivity index (χ0n) is 24.3. The van der Waals surface area contributed by atoms with Crippen LogP contribution in [0.25, 0.3) is 0 Å². The van der Waals surface area contributed by atoms with Crippen LogP contribution >= 0.6 is 0 Å². The molecule has 1 heterocycles. The van der Waals surface area contributed by atoms with Gasteiger partial charge in [-0.05, 0) is 66.8 Å². The van der Waals surface area contributed by atoms with E-state index in [9.17, 15) is 23.6 Å². The highest BCUT2D eigenvalue weighted by molar-refractivity contribution is 6.03. The summed E-state index contributed by atoms with van der Waals surface area (Å²) in [6.45, 7) is -0.139. The molecule has 0 bridgehead atoms. The predicted octanol–water partition coefficient (Wildman–Crippen LogP) is 2.78. The fourth-order valence-electron chi connectivity index (χ4n) is 4.84. The van der Waals surface area contributed by atoms with Crippen LogP contribution in [0.3, 0.4) is 0 Å². The van der Waals surface area contributed by atoms with Crippen LogP contribution in [0.4, 0.5) is 10.1 Å². The van der Waals surface area contributed by atoms with Gasteiger partial charge in [-0.2, -0.15) is 0 Å². The summed E-state index contributed by atoms with van der Waals surface area (Å²) in [5.41, 5.74) is 2.26. The van der Waals surface area contributed by atoms with Crippen molar-refractivity contribution in [3.05, 3.63) is 89.2 Å². The molecule has 3 N–H and O–H groups in total. The number of methoxy groups -OCH3 is 1. The van der Waals surface area contributed by atoms with Gasteiger partial charge in [0.05, 0.1) is 12.8 Å². The van der Waals surface area contributed by atoms with Crippen molar-refractivity contribution in [2.24, 2.45) is 0 Å². The molecule has 10 nitrogen and oxygen atoms in total. The molecule has 3 aromatic rings. The molecule has 0 unspecified atom stereocenters. The maximum atomic E-state index is 13.8. The quantitative estimate of drug-likeness (QED) is 0.315. The number of rotatable bonds is 11. The number of aryl methyl sites for hydroxylation is 2. The summed E-state index contributed by atoms with van der Waals surface area (Å²) in [5.74, 6) is -1.29. The number of nitrogens with zero attached hydrogens (tertiary/aromatic N) is 1. The zero-order valence-corrected chi connectivity index (χ0v) is 24.3. The van der Waals surface area contributed by atoms with E-state index in [4.69, 9.17) is 9.47 Å². The Labute approximate surface area is 249 Å². The standard InChI is InChI=1S/C32H35FN4O6/c1-34-30(39)22-10-14-28-26(18-22)37(2)32(41)25(19-43-28)36-31(40)24(13-9-20-7-5-4-6-8-20)35-29(38)16-11-21-17-23(33)12-15-27(21)42-3/h4-8,10,12,14-15,17-18,24-25H,9,11,13,16,19H2,1-3H3,(H,34,39)(H,35,38)(H,36,40)/t24-,25-/m1/s1. The molecule has 0 aliphatic carbocycles. The average Bonchev–Trinajstić information content (AvgIpc) is 3.13. The molecular formula is C32H35FN4O6. The third-order valence-electron chi connectivity index (χ3n) is 7.24. The molecule has 0 saturated heterocycles.